The van der Waals surface area contributed by atoms with Crippen LogP contribution in [0.4, 0.5) is 0 Å². The van der Waals surface area contributed by atoms with Gasteiger partial charge in [0.2, 0.25) is 5.91 Å². The number of aryl methyl sites for hydroxylation is 1. The second-order valence-electron chi connectivity index (χ2n) is 4.12. The largest absolute Gasteiger partial charge is 0.355 e. The molecule has 1 aromatic rings. The van der Waals surface area contributed by atoms with Gasteiger partial charge in [0.15, 0.2) is 0 Å². The quantitative estimate of drug-likeness (QED) is 0.839. The molecule has 0 radical (unpaired) electrons. The van der Waals surface area contributed by atoms with E-state index in [1.54, 1.807) is 0 Å². The fourth-order valence-corrected chi connectivity index (χ4v) is 1.85. The summed E-state index contributed by atoms with van der Waals surface area (Å²) in [6, 6.07) is 8.36. The maximum atomic E-state index is 11.6. The molecule has 0 bridgehead atoms. The summed E-state index contributed by atoms with van der Waals surface area (Å²) in [4.78, 5) is 11.6. The number of carbonyl (C=O) groups is 1. The fourth-order valence-electron chi connectivity index (χ4n) is 1.41. The third-order valence-electron chi connectivity index (χ3n) is 2.63. The molecule has 0 aliphatic heterocycles. The maximum absolute atomic E-state index is 11.6. The molecule has 102 valence electrons. The van der Waals surface area contributed by atoms with Gasteiger partial charge < -0.3 is 10.6 Å². The standard InChI is InChI=1S/C13H19BrN2O.ClH/c1-10(15-2)9-16-13(17)7-6-11-4-3-5-12(14)8-11;/h3-5,8,10,15H,6-7,9H2,1-2H3,(H,16,17);1H. The molecule has 3 nitrogen and oxygen atoms in total. The van der Waals surface area contributed by atoms with Gasteiger partial charge in [-0.25, -0.2) is 0 Å². The molecule has 0 aliphatic rings. The van der Waals surface area contributed by atoms with Gasteiger partial charge in [0.1, 0.15) is 0 Å². The normalized spacial score (nSPS) is 11.5. The van der Waals surface area contributed by atoms with Crippen LogP contribution in [-0.4, -0.2) is 25.5 Å². The molecule has 0 saturated heterocycles. The highest BCUT2D eigenvalue weighted by atomic mass is 79.9. The fraction of sp³-hybridized carbons (Fsp3) is 0.462. The Morgan fingerprint density at radius 1 is 1.44 bits per heavy atom. The van der Waals surface area contributed by atoms with E-state index in [0.29, 0.717) is 19.0 Å². The smallest absolute Gasteiger partial charge is 0.220 e. The van der Waals surface area contributed by atoms with Crippen LogP contribution in [0.2, 0.25) is 0 Å². The molecule has 1 unspecified atom stereocenters. The van der Waals surface area contributed by atoms with Gasteiger partial charge in [-0.1, -0.05) is 28.1 Å². The Balaban J connectivity index is 0.00000289. The highest BCUT2D eigenvalue weighted by Crippen LogP contribution is 2.12. The van der Waals surface area contributed by atoms with Gasteiger partial charge in [-0.15, -0.1) is 12.4 Å². The lowest BCUT2D eigenvalue weighted by molar-refractivity contribution is -0.121. The van der Waals surface area contributed by atoms with E-state index < -0.39 is 0 Å². The van der Waals surface area contributed by atoms with Crippen molar-refractivity contribution < 1.29 is 4.79 Å². The predicted octanol–water partition coefficient (Wildman–Crippen LogP) is 2.53. The number of amides is 1. The van der Waals surface area contributed by atoms with Gasteiger partial charge in [-0.05, 0) is 38.1 Å². The van der Waals surface area contributed by atoms with Crippen LogP contribution in [0.15, 0.2) is 28.7 Å². The number of hydrogen-bond acceptors (Lipinski definition) is 2. The van der Waals surface area contributed by atoms with Crippen molar-refractivity contribution in [3.05, 3.63) is 34.3 Å². The van der Waals surface area contributed by atoms with E-state index >= 15 is 0 Å². The number of benzene rings is 1. The summed E-state index contributed by atoms with van der Waals surface area (Å²) in [7, 11) is 1.89. The number of carbonyl (C=O) groups excluding carboxylic acids is 1. The van der Waals surface area contributed by atoms with Gasteiger partial charge >= 0.3 is 0 Å². The van der Waals surface area contributed by atoms with Gasteiger partial charge in [-0.2, -0.15) is 0 Å². The second-order valence-corrected chi connectivity index (χ2v) is 5.04. The molecule has 18 heavy (non-hydrogen) atoms. The van der Waals surface area contributed by atoms with Crippen LogP contribution in [0.25, 0.3) is 0 Å². The van der Waals surface area contributed by atoms with Crippen LogP contribution in [0.5, 0.6) is 0 Å². The van der Waals surface area contributed by atoms with E-state index in [1.165, 1.54) is 5.56 Å². The number of nitrogens with one attached hydrogen (secondary N) is 2. The molecule has 0 heterocycles. The lowest BCUT2D eigenvalue weighted by Gasteiger charge is -2.11. The number of halogens is 2. The number of likely N-dealkylation sites (N-methyl/N-ethyl adjacent to an activating group) is 1. The minimum Gasteiger partial charge on any atom is -0.355 e. The highest BCUT2D eigenvalue weighted by Gasteiger charge is 2.04. The van der Waals surface area contributed by atoms with Crippen molar-refractivity contribution in [2.45, 2.75) is 25.8 Å². The minimum atomic E-state index is 0. The summed E-state index contributed by atoms with van der Waals surface area (Å²) in [5, 5.41) is 5.99. The summed E-state index contributed by atoms with van der Waals surface area (Å²) < 4.78 is 1.05. The Bertz CT molecular complexity index is 374. The Kier molecular flexibility index (Phi) is 9.06. The molecule has 1 atom stereocenters. The van der Waals surface area contributed by atoms with Crippen molar-refractivity contribution in [3.8, 4) is 0 Å². The van der Waals surface area contributed by atoms with E-state index in [1.807, 2.05) is 38.2 Å². The molecule has 5 heteroatoms. The lowest BCUT2D eigenvalue weighted by atomic mass is 10.1. The summed E-state index contributed by atoms with van der Waals surface area (Å²) in [5.74, 6) is 0.104. The molecule has 0 saturated carbocycles. The zero-order valence-corrected chi connectivity index (χ0v) is 13.1. The van der Waals surface area contributed by atoms with Gasteiger partial charge in [-0.3, -0.25) is 4.79 Å². The van der Waals surface area contributed by atoms with Crippen LogP contribution in [0.3, 0.4) is 0 Å². The average Bonchev–Trinajstić information content (AvgIpc) is 2.33. The third-order valence-corrected chi connectivity index (χ3v) is 3.12. The van der Waals surface area contributed by atoms with Crippen molar-refractivity contribution in [3.63, 3.8) is 0 Å². The Morgan fingerprint density at radius 2 is 2.17 bits per heavy atom. The summed E-state index contributed by atoms with van der Waals surface area (Å²) in [5.41, 5.74) is 1.18. The van der Waals surface area contributed by atoms with Crippen molar-refractivity contribution in [1.29, 1.82) is 0 Å². The highest BCUT2D eigenvalue weighted by molar-refractivity contribution is 9.10. The second kappa shape index (κ2) is 9.36. The predicted molar refractivity (Wildman–Crippen MR) is 81.2 cm³/mol. The van der Waals surface area contributed by atoms with Crippen molar-refractivity contribution in [2.24, 2.45) is 0 Å². The van der Waals surface area contributed by atoms with Crippen molar-refractivity contribution >= 4 is 34.2 Å². The first-order valence-electron chi connectivity index (χ1n) is 5.80. The molecule has 1 rings (SSSR count). The van der Waals surface area contributed by atoms with Crippen LogP contribution >= 0.6 is 28.3 Å². The van der Waals surface area contributed by atoms with Crippen LogP contribution in [0, 0.1) is 0 Å². The Labute approximate surface area is 123 Å². The van der Waals surface area contributed by atoms with E-state index in [2.05, 4.69) is 26.6 Å². The van der Waals surface area contributed by atoms with Crippen LogP contribution in [0.1, 0.15) is 18.9 Å². The first kappa shape index (κ1) is 17.4. The van der Waals surface area contributed by atoms with Crippen LogP contribution in [-0.2, 0) is 11.2 Å². The van der Waals surface area contributed by atoms with Crippen LogP contribution < -0.4 is 10.6 Å². The molecule has 1 aromatic carbocycles. The number of rotatable bonds is 6. The Morgan fingerprint density at radius 3 is 2.78 bits per heavy atom. The third kappa shape index (κ3) is 6.99. The average molecular weight is 336 g/mol. The first-order chi connectivity index (χ1) is 8.11. The molecule has 0 fully saturated rings. The molecule has 0 spiro atoms. The molecule has 0 aliphatic carbocycles. The molecule has 0 aromatic heterocycles. The van der Waals surface area contributed by atoms with Gasteiger partial charge in [0.25, 0.3) is 0 Å². The summed E-state index contributed by atoms with van der Waals surface area (Å²) >= 11 is 3.42. The first-order valence-corrected chi connectivity index (χ1v) is 6.59. The molecule has 2 N–H and O–H groups in total. The molecular weight excluding hydrogens is 316 g/mol. The van der Waals surface area contributed by atoms with E-state index in [9.17, 15) is 4.79 Å². The maximum Gasteiger partial charge on any atom is 0.220 e. The monoisotopic (exact) mass is 334 g/mol. The zero-order valence-electron chi connectivity index (χ0n) is 10.7. The topological polar surface area (TPSA) is 41.1 Å². The van der Waals surface area contributed by atoms with E-state index in [4.69, 9.17) is 0 Å². The van der Waals surface area contributed by atoms with E-state index in [0.717, 1.165) is 10.9 Å². The summed E-state index contributed by atoms with van der Waals surface area (Å²) in [6.45, 7) is 2.71. The van der Waals surface area contributed by atoms with Gasteiger partial charge in [0, 0.05) is 23.5 Å². The zero-order chi connectivity index (χ0) is 12.7. The molecular formula is C13H20BrClN2O. The minimum absolute atomic E-state index is 0. The Hall–Kier alpha value is -0.580. The van der Waals surface area contributed by atoms with E-state index in [-0.39, 0.29) is 18.3 Å². The number of hydrogen-bond donors (Lipinski definition) is 2. The van der Waals surface area contributed by atoms with Crippen molar-refractivity contribution in [2.75, 3.05) is 13.6 Å². The SMILES string of the molecule is CNC(C)CNC(=O)CCc1cccc(Br)c1.Cl. The van der Waals surface area contributed by atoms with Gasteiger partial charge in [0.05, 0.1) is 0 Å². The molecule has 1 amide bonds. The van der Waals surface area contributed by atoms with Crippen molar-refractivity contribution in [1.82, 2.24) is 10.6 Å². The summed E-state index contributed by atoms with van der Waals surface area (Å²) in [6.07, 6.45) is 1.31. The lowest BCUT2D eigenvalue weighted by Crippen LogP contribution is -2.37.